The molecule has 0 rings (SSSR count). The molecule has 28 heavy (non-hydrogen) atoms. The highest BCUT2D eigenvalue weighted by atomic mass is 16.3. The maximum atomic E-state index is 13.0. The zero-order valence-electron chi connectivity index (χ0n) is 17.2. The number of aliphatic hydroxyl groups excluding tert-OH is 1. The molecule has 0 spiro atoms. The van der Waals surface area contributed by atoms with Crippen LogP contribution in [-0.4, -0.2) is 72.0 Å². The van der Waals surface area contributed by atoms with E-state index in [2.05, 4.69) is 10.6 Å². The van der Waals surface area contributed by atoms with Crippen LogP contribution in [0.4, 0.5) is 0 Å². The maximum Gasteiger partial charge on any atom is 0.245 e. The van der Waals surface area contributed by atoms with Crippen molar-refractivity contribution in [3.05, 3.63) is 0 Å². The summed E-state index contributed by atoms with van der Waals surface area (Å²) >= 11 is 0. The fourth-order valence-corrected chi connectivity index (χ4v) is 2.77. The molecule has 0 aliphatic rings. The molecule has 0 saturated heterocycles. The summed E-state index contributed by atoms with van der Waals surface area (Å²) < 4.78 is 0. The van der Waals surface area contributed by atoms with Crippen LogP contribution in [-0.2, 0) is 19.2 Å². The minimum absolute atomic E-state index is 0.136. The van der Waals surface area contributed by atoms with Gasteiger partial charge in [-0.05, 0) is 38.1 Å². The molecule has 0 fully saturated rings. The van der Waals surface area contributed by atoms with Crippen molar-refractivity contribution in [2.45, 2.75) is 64.6 Å². The summed E-state index contributed by atoms with van der Waals surface area (Å²) in [5.41, 5.74) is 10.9. The van der Waals surface area contributed by atoms with Gasteiger partial charge in [0.1, 0.15) is 18.1 Å². The van der Waals surface area contributed by atoms with Crippen LogP contribution in [0.5, 0.6) is 0 Å². The summed E-state index contributed by atoms with van der Waals surface area (Å²) in [4.78, 5) is 49.6. The summed E-state index contributed by atoms with van der Waals surface area (Å²) in [6.07, 6.45) is 1.93. The van der Waals surface area contributed by atoms with Gasteiger partial charge in [0, 0.05) is 14.0 Å². The number of nitrogens with two attached hydrogens (primary N) is 2. The number of nitrogens with one attached hydrogen (secondary N) is 2. The molecule has 0 aromatic heterocycles. The Kier molecular flexibility index (Phi) is 12.0. The van der Waals surface area contributed by atoms with E-state index >= 15 is 0 Å². The molecule has 0 unspecified atom stereocenters. The van der Waals surface area contributed by atoms with Crippen molar-refractivity contribution in [2.75, 3.05) is 20.2 Å². The Morgan fingerprint density at radius 1 is 1.07 bits per heavy atom. The molecule has 10 heteroatoms. The van der Waals surface area contributed by atoms with Gasteiger partial charge in [0.15, 0.2) is 0 Å². The van der Waals surface area contributed by atoms with Crippen molar-refractivity contribution in [2.24, 2.45) is 17.4 Å². The Bertz CT molecular complexity index is 540. The van der Waals surface area contributed by atoms with Gasteiger partial charge in [-0.1, -0.05) is 13.8 Å². The van der Waals surface area contributed by atoms with Crippen LogP contribution in [0.3, 0.4) is 0 Å². The number of nitrogens with zero attached hydrogens (tertiary/aromatic N) is 1. The van der Waals surface area contributed by atoms with Gasteiger partial charge in [-0.15, -0.1) is 0 Å². The summed E-state index contributed by atoms with van der Waals surface area (Å²) in [7, 11) is 1.47. The molecule has 0 aliphatic heterocycles. The number of amides is 4. The van der Waals surface area contributed by atoms with E-state index < -0.39 is 48.4 Å². The lowest BCUT2D eigenvalue weighted by atomic mass is 10.0. The van der Waals surface area contributed by atoms with Crippen LogP contribution in [0.25, 0.3) is 0 Å². The molecular formula is C18H35N5O5. The summed E-state index contributed by atoms with van der Waals surface area (Å²) in [6.45, 7) is 4.87. The Balaban J connectivity index is 5.38. The maximum absolute atomic E-state index is 13.0. The van der Waals surface area contributed by atoms with E-state index in [0.29, 0.717) is 32.2 Å². The van der Waals surface area contributed by atoms with Crippen molar-refractivity contribution < 1.29 is 24.3 Å². The molecule has 0 bridgehead atoms. The number of rotatable bonds is 13. The summed E-state index contributed by atoms with van der Waals surface area (Å²) in [5.74, 6) is -2.12. The van der Waals surface area contributed by atoms with Crippen molar-refractivity contribution in [3.63, 3.8) is 0 Å². The summed E-state index contributed by atoms with van der Waals surface area (Å²) in [6, 6.07) is -2.90. The number of hydrogen-bond donors (Lipinski definition) is 5. The van der Waals surface area contributed by atoms with Crippen molar-refractivity contribution >= 4 is 23.6 Å². The third-order valence-corrected chi connectivity index (χ3v) is 4.28. The monoisotopic (exact) mass is 401 g/mol. The summed E-state index contributed by atoms with van der Waals surface area (Å²) in [5, 5.41) is 14.2. The number of hydrogen-bond acceptors (Lipinski definition) is 6. The number of aliphatic hydroxyl groups is 1. The van der Waals surface area contributed by atoms with E-state index in [0.717, 1.165) is 0 Å². The fourth-order valence-electron chi connectivity index (χ4n) is 2.77. The van der Waals surface area contributed by atoms with E-state index in [9.17, 15) is 24.3 Å². The predicted molar refractivity (Wildman–Crippen MR) is 105 cm³/mol. The van der Waals surface area contributed by atoms with Crippen LogP contribution in [0.2, 0.25) is 0 Å². The van der Waals surface area contributed by atoms with Gasteiger partial charge in [0.2, 0.25) is 23.6 Å². The number of likely N-dealkylation sites (N-methyl/N-ethyl adjacent to an activating group) is 1. The van der Waals surface area contributed by atoms with Crippen LogP contribution < -0.4 is 22.1 Å². The van der Waals surface area contributed by atoms with Crippen LogP contribution in [0.15, 0.2) is 0 Å². The van der Waals surface area contributed by atoms with Gasteiger partial charge in [0.05, 0.1) is 6.61 Å². The zero-order valence-corrected chi connectivity index (χ0v) is 17.2. The standard InChI is InChI=1S/C18H35N5O5/c1-11(2)9-15(16(20)26)23(4)18(28)13(7-5-6-8-19)22-17(27)14(10-24)21-12(3)25/h11,13-15,24H,5-10,19H2,1-4H3,(H2,20,26)(H,21,25)(H,22,27)/t13-,14-,15-/m0/s1. The smallest absolute Gasteiger partial charge is 0.245 e. The molecule has 0 aliphatic carbocycles. The highest BCUT2D eigenvalue weighted by Gasteiger charge is 2.32. The number of carbonyl (C=O) groups is 4. The van der Waals surface area contributed by atoms with Crippen LogP contribution >= 0.6 is 0 Å². The molecule has 0 radical (unpaired) electrons. The lowest BCUT2D eigenvalue weighted by Gasteiger charge is -2.31. The second kappa shape index (κ2) is 13.1. The molecule has 0 heterocycles. The van der Waals surface area contributed by atoms with Gasteiger partial charge in [0.25, 0.3) is 0 Å². The van der Waals surface area contributed by atoms with E-state index in [1.54, 1.807) is 0 Å². The van der Waals surface area contributed by atoms with E-state index in [1.165, 1.54) is 18.9 Å². The highest BCUT2D eigenvalue weighted by molar-refractivity contribution is 5.93. The van der Waals surface area contributed by atoms with Crippen molar-refractivity contribution in [1.29, 1.82) is 0 Å². The first kappa shape index (κ1) is 25.8. The fraction of sp³-hybridized carbons (Fsp3) is 0.778. The molecule has 162 valence electrons. The third-order valence-electron chi connectivity index (χ3n) is 4.28. The molecule has 3 atom stereocenters. The van der Waals surface area contributed by atoms with Crippen molar-refractivity contribution in [3.8, 4) is 0 Å². The second-order valence-corrected chi connectivity index (χ2v) is 7.28. The lowest BCUT2D eigenvalue weighted by molar-refractivity contribution is -0.142. The van der Waals surface area contributed by atoms with Gasteiger partial charge in [-0.25, -0.2) is 0 Å². The van der Waals surface area contributed by atoms with Crippen LogP contribution in [0, 0.1) is 5.92 Å². The topological polar surface area (TPSA) is 168 Å². The first-order valence-corrected chi connectivity index (χ1v) is 9.49. The molecule has 7 N–H and O–H groups in total. The Labute approximate surface area is 166 Å². The number of unbranched alkanes of at least 4 members (excludes halogenated alkanes) is 1. The minimum Gasteiger partial charge on any atom is -0.394 e. The SMILES string of the molecule is CC(=O)N[C@@H](CO)C(=O)N[C@@H](CCCCN)C(=O)N(C)[C@@H](CC(C)C)C(N)=O. The quantitative estimate of drug-likeness (QED) is 0.234. The Morgan fingerprint density at radius 3 is 2.11 bits per heavy atom. The Morgan fingerprint density at radius 2 is 1.68 bits per heavy atom. The average molecular weight is 402 g/mol. The van der Waals surface area contributed by atoms with E-state index in [1.807, 2.05) is 13.8 Å². The van der Waals surface area contributed by atoms with Gasteiger partial charge in [-0.3, -0.25) is 19.2 Å². The van der Waals surface area contributed by atoms with E-state index in [-0.39, 0.29) is 5.92 Å². The zero-order chi connectivity index (χ0) is 21.9. The van der Waals surface area contributed by atoms with E-state index in [4.69, 9.17) is 11.5 Å². The first-order chi connectivity index (χ1) is 13.0. The number of primary amides is 1. The number of carbonyl (C=O) groups excluding carboxylic acids is 4. The molecule has 0 aromatic rings. The molecule has 4 amide bonds. The molecule has 0 aromatic carbocycles. The lowest BCUT2D eigenvalue weighted by Crippen LogP contribution is -2.57. The molecule has 10 nitrogen and oxygen atoms in total. The second-order valence-electron chi connectivity index (χ2n) is 7.28. The average Bonchev–Trinajstić information content (AvgIpc) is 2.61. The largest absolute Gasteiger partial charge is 0.394 e. The Hall–Kier alpha value is -2.20. The first-order valence-electron chi connectivity index (χ1n) is 9.49. The minimum atomic E-state index is -1.17. The molecule has 0 saturated carbocycles. The van der Waals surface area contributed by atoms with Gasteiger partial charge >= 0.3 is 0 Å². The highest BCUT2D eigenvalue weighted by Crippen LogP contribution is 2.13. The predicted octanol–water partition coefficient (Wildman–Crippen LogP) is -1.54. The van der Waals surface area contributed by atoms with Crippen LogP contribution in [0.1, 0.15) is 46.5 Å². The molecular weight excluding hydrogens is 366 g/mol. The van der Waals surface area contributed by atoms with Gasteiger partial charge in [-0.2, -0.15) is 0 Å². The van der Waals surface area contributed by atoms with Crippen molar-refractivity contribution in [1.82, 2.24) is 15.5 Å². The third kappa shape index (κ3) is 9.14. The normalized spacial score (nSPS) is 14.1. The van der Waals surface area contributed by atoms with Gasteiger partial charge < -0.3 is 32.1 Å².